The molecule has 9 heteroatoms. The van der Waals surface area contributed by atoms with Gasteiger partial charge in [-0.2, -0.15) is 13.2 Å². The molecule has 0 aliphatic rings. The standard InChI is InChI=1S/C31H33F4NO4/c1-18(2)12-27(23-14-19(3)13-20(4)15-23)36-30(39)25-16-24(10-8-21(25)9-11-28(37)38)40-17-22-6-5-7-26(32)29(22)31(33,34)35/h5-8,10,13-16,18,27H,9,11-12,17H2,1-4H3,(H,36,39)(H,37,38). The molecule has 2 N–H and O–H groups in total. The predicted octanol–water partition coefficient (Wildman–Crippen LogP) is 7.57. The van der Waals surface area contributed by atoms with Crippen molar-refractivity contribution in [3.05, 3.63) is 99.4 Å². The number of amides is 1. The van der Waals surface area contributed by atoms with Gasteiger partial charge in [-0.1, -0.05) is 61.4 Å². The van der Waals surface area contributed by atoms with E-state index >= 15 is 0 Å². The van der Waals surface area contributed by atoms with Gasteiger partial charge in [-0.25, -0.2) is 4.39 Å². The first kappa shape index (κ1) is 30.7. The van der Waals surface area contributed by atoms with Gasteiger partial charge in [0.25, 0.3) is 5.91 Å². The number of halogens is 4. The number of nitrogens with one attached hydrogen (secondary N) is 1. The van der Waals surface area contributed by atoms with Crippen LogP contribution in [-0.4, -0.2) is 17.0 Å². The van der Waals surface area contributed by atoms with Crippen LogP contribution in [0, 0.1) is 25.6 Å². The molecule has 0 saturated carbocycles. The van der Waals surface area contributed by atoms with Crippen molar-refractivity contribution in [1.29, 1.82) is 0 Å². The number of aliphatic carboxylic acids is 1. The van der Waals surface area contributed by atoms with E-state index in [4.69, 9.17) is 4.74 Å². The Kier molecular flexibility index (Phi) is 9.95. The number of rotatable bonds is 11. The highest BCUT2D eigenvalue weighted by Crippen LogP contribution is 2.35. The van der Waals surface area contributed by atoms with Gasteiger partial charge in [-0.05, 0) is 61.9 Å². The summed E-state index contributed by atoms with van der Waals surface area (Å²) in [6.45, 7) is 7.43. The van der Waals surface area contributed by atoms with Crippen LogP contribution in [-0.2, 0) is 24.0 Å². The molecule has 0 heterocycles. The first-order valence-electron chi connectivity index (χ1n) is 13.0. The average molecular weight is 560 g/mol. The topological polar surface area (TPSA) is 75.6 Å². The van der Waals surface area contributed by atoms with Gasteiger partial charge in [0.15, 0.2) is 0 Å². The van der Waals surface area contributed by atoms with E-state index in [0.29, 0.717) is 12.0 Å². The van der Waals surface area contributed by atoms with Crippen LogP contribution < -0.4 is 10.1 Å². The summed E-state index contributed by atoms with van der Waals surface area (Å²) < 4.78 is 59.8. The summed E-state index contributed by atoms with van der Waals surface area (Å²) in [5.41, 5.74) is 1.85. The lowest BCUT2D eigenvalue weighted by Gasteiger charge is -2.23. The molecule has 1 atom stereocenters. The second-order valence-corrected chi connectivity index (χ2v) is 10.3. The molecule has 1 amide bonds. The summed E-state index contributed by atoms with van der Waals surface area (Å²) in [6.07, 6.45) is -4.41. The van der Waals surface area contributed by atoms with Gasteiger partial charge in [-0.15, -0.1) is 0 Å². The number of benzene rings is 3. The van der Waals surface area contributed by atoms with Crippen LogP contribution in [0.1, 0.15) is 76.5 Å². The van der Waals surface area contributed by atoms with Gasteiger partial charge in [0.2, 0.25) is 0 Å². The summed E-state index contributed by atoms with van der Waals surface area (Å²) in [5.74, 6) is -2.56. The van der Waals surface area contributed by atoms with Crippen LogP contribution in [0.25, 0.3) is 0 Å². The molecule has 3 aromatic rings. The van der Waals surface area contributed by atoms with E-state index in [0.717, 1.165) is 28.8 Å². The van der Waals surface area contributed by atoms with E-state index in [1.807, 2.05) is 45.9 Å². The Morgan fingerprint density at radius 3 is 2.25 bits per heavy atom. The second kappa shape index (κ2) is 13.0. The van der Waals surface area contributed by atoms with Gasteiger partial charge < -0.3 is 15.2 Å². The van der Waals surface area contributed by atoms with E-state index in [-0.39, 0.29) is 41.7 Å². The van der Waals surface area contributed by atoms with Crippen molar-refractivity contribution in [2.45, 2.75) is 65.8 Å². The van der Waals surface area contributed by atoms with E-state index in [1.54, 1.807) is 0 Å². The Morgan fingerprint density at radius 1 is 0.975 bits per heavy atom. The van der Waals surface area contributed by atoms with Crippen molar-refractivity contribution in [2.24, 2.45) is 5.92 Å². The Hall–Kier alpha value is -3.88. The van der Waals surface area contributed by atoms with Crippen LogP contribution in [0.5, 0.6) is 5.75 Å². The lowest BCUT2D eigenvalue weighted by molar-refractivity contribution is -0.141. The molecule has 0 aliphatic heterocycles. The normalized spacial score (nSPS) is 12.3. The number of aryl methyl sites for hydroxylation is 3. The van der Waals surface area contributed by atoms with Crippen molar-refractivity contribution in [3.63, 3.8) is 0 Å². The minimum Gasteiger partial charge on any atom is -0.489 e. The smallest absolute Gasteiger partial charge is 0.419 e. The highest BCUT2D eigenvalue weighted by molar-refractivity contribution is 5.96. The van der Waals surface area contributed by atoms with Gasteiger partial charge >= 0.3 is 12.1 Å². The van der Waals surface area contributed by atoms with Crippen LogP contribution >= 0.6 is 0 Å². The lowest BCUT2D eigenvalue weighted by Crippen LogP contribution is -2.30. The first-order valence-corrected chi connectivity index (χ1v) is 13.0. The van der Waals surface area contributed by atoms with Crippen molar-refractivity contribution < 1.29 is 37.0 Å². The molecule has 40 heavy (non-hydrogen) atoms. The Bertz CT molecular complexity index is 1350. The third kappa shape index (κ3) is 8.31. The Balaban J connectivity index is 1.93. The quantitative estimate of drug-likeness (QED) is 0.238. The van der Waals surface area contributed by atoms with Gasteiger partial charge in [0.1, 0.15) is 18.2 Å². The Morgan fingerprint density at radius 2 is 1.65 bits per heavy atom. The maximum absolute atomic E-state index is 14.0. The van der Waals surface area contributed by atoms with E-state index in [2.05, 4.69) is 5.32 Å². The fraction of sp³-hybridized carbons (Fsp3) is 0.355. The van der Waals surface area contributed by atoms with E-state index in [9.17, 15) is 32.3 Å². The van der Waals surface area contributed by atoms with Gasteiger partial charge in [-0.3, -0.25) is 9.59 Å². The largest absolute Gasteiger partial charge is 0.489 e. The van der Waals surface area contributed by atoms with Crippen LogP contribution in [0.3, 0.4) is 0 Å². The zero-order valence-corrected chi connectivity index (χ0v) is 22.9. The number of alkyl halides is 3. The van der Waals surface area contributed by atoms with Crippen LogP contribution in [0.4, 0.5) is 17.6 Å². The summed E-state index contributed by atoms with van der Waals surface area (Å²) in [7, 11) is 0. The first-order chi connectivity index (χ1) is 18.7. The highest BCUT2D eigenvalue weighted by Gasteiger charge is 2.36. The summed E-state index contributed by atoms with van der Waals surface area (Å²) in [5, 5.41) is 12.2. The average Bonchev–Trinajstić information content (AvgIpc) is 2.84. The molecule has 5 nitrogen and oxygen atoms in total. The molecule has 214 valence electrons. The van der Waals surface area contributed by atoms with Crippen molar-refractivity contribution in [1.82, 2.24) is 5.32 Å². The minimum atomic E-state index is -4.91. The molecule has 0 radical (unpaired) electrons. The molecule has 3 rings (SSSR count). The highest BCUT2D eigenvalue weighted by atomic mass is 19.4. The number of carbonyl (C=O) groups is 2. The maximum atomic E-state index is 14.0. The lowest BCUT2D eigenvalue weighted by atomic mass is 9.93. The monoisotopic (exact) mass is 559 g/mol. The molecular weight excluding hydrogens is 526 g/mol. The predicted molar refractivity (Wildman–Crippen MR) is 144 cm³/mol. The van der Waals surface area contributed by atoms with E-state index < -0.39 is 36.0 Å². The van der Waals surface area contributed by atoms with Crippen LogP contribution in [0.2, 0.25) is 0 Å². The molecule has 0 fully saturated rings. The second-order valence-electron chi connectivity index (χ2n) is 10.3. The van der Waals surface area contributed by atoms with Gasteiger partial charge in [0.05, 0.1) is 11.6 Å². The molecule has 0 aromatic heterocycles. The summed E-state index contributed by atoms with van der Waals surface area (Å²) in [6, 6.07) is 13.1. The fourth-order valence-electron chi connectivity index (χ4n) is 4.68. The third-order valence-electron chi connectivity index (χ3n) is 6.37. The van der Waals surface area contributed by atoms with Crippen molar-refractivity contribution in [2.75, 3.05) is 0 Å². The molecule has 1 unspecified atom stereocenters. The Labute approximate surface area is 231 Å². The zero-order chi connectivity index (χ0) is 29.6. The number of carbonyl (C=O) groups excluding carboxylic acids is 1. The van der Waals surface area contributed by atoms with Crippen LogP contribution in [0.15, 0.2) is 54.6 Å². The zero-order valence-electron chi connectivity index (χ0n) is 22.9. The minimum absolute atomic E-state index is 0.0683. The summed E-state index contributed by atoms with van der Waals surface area (Å²) in [4.78, 5) is 24.8. The molecule has 0 spiro atoms. The number of carboxylic acids is 1. The number of carboxylic acid groups (broad SMARTS) is 1. The SMILES string of the molecule is Cc1cc(C)cc(C(CC(C)C)NC(=O)c2cc(OCc3cccc(F)c3C(F)(F)F)ccc2CCC(=O)O)c1. The number of hydrogen-bond donors (Lipinski definition) is 2. The van der Waals surface area contributed by atoms with Crippen molar-refractivity contribution >= 4 is 11.9 Å². The molecular formula is C31H33F4NO4. The van der Waals surface area contributed by atoms with Crippen molar-refractivity contribution in [3.8, 4) is 5.75 Å². The number of hydrogen-bond acceptors (Lipinski definition) is 3. The number of ether oxygens (including phenoxy) is 1. The molecule has 0 saturated heterocycles. The third-order valence-corrected chi connectivity index (χ3v) is 6.37. The van der Waals surface area contributed by atoms with Gasteiger partial charge in [0, 0.05) is 17.5 Å². The summed E-state index contributed by atoms with van der Waals surface area (Å²) >= 11 is 0. The molecule has 0 aliphatic carbocycles. The molecule has 0 bridgehead atoms. The molecule has 3 aromatic carbocycles. The fourth-order valence-corrected chi connectivity index (χ4v) is 4.68. The maximum Gasteiger partial charge on any atom is 0.419 e. The van der Waals surface area contributed by atoms with E-state index in [1.165, 1.54) is 24.3 Å².